The molecule has 36 heavy (non-hydrogen) atoms. The van der Waals surface area contributed by atoms with Crippen molar-refractivity contribution in [3.63, 3.8) is 0 Å². The first-order chi connectivity index (χ1) is 16.8. The van der Waals surface area contributed by atoms with Gasteiger partial charge in [0.1, 0.15) is 22.2 Å². The Morgan fingerprint density at radius 3 is 2.58 bits per heavy atom. The summed E-state index contributed by atoms with van der Waals surface area (Å²) in [5, 5.41) is 24.3. The maximum Gasteiger partial charge on any atom is 0.416 e. The van der Waals surface area contributed by atoms with Gasteiger partial charge in [0.2, 0.25) is 0 Å². The van der Waals surface area contributed by atoms with E-state index in [1.165, 1.54) is 11.3 Å². The van der Waals surface area contributed by atoms with E-state index in [4.69, 9.17) is 0 Å². The van der Waals surface area contributed by atoms with E-state index in [1.807, 2.05) is 13.8 Å². The van der Waals surface area contributed by atoms with Gasteiger partial charge in [-0.05, 0) is 61.8 Å². The summed E-state index contributed by atoms with van der Waals surface area (Å²) in [6, 6.07) is 6.89. The van der Waals surface area contributed by atoms with E-state index >= 15 is 0 Å². The van der Waals surface area contributed by atoms with Crippen molar-refractivity contribution in [3.8, 4) is 10.6 Å². The van der Waals surface area contributed by atoms with Gasteiger partial charge in [-0.15, -0.1) is 11.3 Å². The van der Waals surface area contributed by atoms with Crippen LogP contribution in [0.4, 0.5) is 24.8 Å². The second-order valence-electron chi connectivity index (χ2n) is 10.00. The molecule has 4 rings (SSSR count). The zero-order chi connectivity index (χ0) is 26.3. The summed E-state index contributed by atoms with van der Waals surface area (Å²) in [5.74, 6) is -1.09. The molecule has 1 fully saturated rings. The summed E-state index contributed by atoms with van der Waals surface area (Å²) in [6.07, 6.45) is -0.181. The summed E-state index contributed by atoms with van der Waals surface area (Å²) < 4.78 is 39.0. The van der Waals surface area contributed by atoms with Crippen LogP contribution in [0.15, 0.2) is 42.7 Å². The highest BCUT2D eigenvalue weighted by Crippen LogP contribution is 2.50. The molecule has 7 nitrogen and oxygen atoms in total. The molecule has 192 valence electrons. The molecule has 3 aromatic heterocycles. The Morgan fingerprint density at radius 2 is 1.92 bits per heavy atom. The van der Waals surface area contributed by atoms with Gasteiger partial charge in [-0.3, -0.25) is 4.79 Å². The number of thiazole rings is 1. The lowest BCUT2D eigenvalue weighted by Gasteiger charge is -2.44. The number of alkyl halides is 3. The fraction of sp³-hybridized carbons (Fsp3) is 0.440. The molecule has 0 amide bonds. The summed E-state index contributed by atoms with van der Waals surface area (Å²) in [4.78, 5) is 25.2. The van der Waals surface area contributed by atoms with Crippen molar-refractivity contribution in [1.82, 2.24) is 15.0 Å². The molecule has 3 heterocycles. The molecule has 3 aromatic rings. The lowest BCUT2D eigenvalue weighted by molar-refractivity contribution is -0.151. The number of carboxylic acids is 1. The van der Waals surface area contributed by atoms with Crippen molar-refractivity contribution in [2.45, 2.75) is 51.8 Å². The third-order valence-electron chi connectivity index (χ3n) is 6.90. The third kappa shape index (κ3) is 5.36. The van der Waals surface area contributed by atoms with Crippen LogP contribution in [-0.4, -0.2) is 31.1 Å². The molecule has 1 unspecified atom stereocenters. The number of nitrogens with zero attached hydrogens (tertiary/aromatic N) is 3. The number of halogens is 3. The van der Waals surface area contributed by atoms with Crippen molar-refractivity contribution in [2.24, 2.45) is 17.3 Å². The first-order valence-electron chi connectivity index (χ1n) is 11.5. The second kappa shape index (κ2) is 9.44. The second-order valence-corrected chi connectivity index (χ2v) is 11.0. The predicted octanol–water partition coefficient (Wildman–Crippen LogP) is 6.10. The SMILES string of the molecule is CC1(C)C[C@@H](C(C)(O)c2ncc(-c3cccc(Nc4cc(C(F)(F)F)ccn4)n3)s2)CC[C@@H]1C(=O)O. The molecular weight excluding hydrogens is 493 g/mol. The van der Waals surface area contributed by atoms with Crippen LogP contribution in [-0.2, 0) is 16.6 Å². The number of anilines is 2. The summed E-state index contributed by atoms with van der Waals surface area (Å²) >= 11 is 1.28. The fourth-order valence-electron chi connectivity index (χ4n) is 4.82. The monoisotopic (exact) mass is 520 g/mol. The van der Waals surface area contributed by atoms with Gasteiger partial charge in [-0.2, -0.15) is 13.2 Å². The Kier molecular flexibility index (Phi) is 6.82. The van der Waals surface area contributed by atoms with E-state index in [9.17, 15) is 28.2 Å². The van der Waals surface area contributed by atoms with E-state index in [0.717, 1.165) is 18.3 Å². The van der Waals surface area contributed by atoms with Crippen LogP contribution in [0.25, 0.3) is 10.6 Å². The molecule has 1 saturated carbocycles. The number of carbonyl (C=O) groups is 1. The number of hydrogen-bond donors (Lipinski definition) is 3. The predicted molar refractivity (Wildman–Crippen MR) is 130 cm³/mol. The molecule has 0 aliphatic heterocycles. The highest BCUT2D eigenvalue weighted by atomic mass is 32.1. The van der Waals surface area contributed by atoms with Gasteiger partial charge in [0.15, 0.2) is 0 Å². The van der Waals surface area contributed by atoms with Crippen molar-refractivity contribution in [3.05, 3.63) is 53.3 Å². The number of aliphatic carboxylic acids is 1. The largest absolute Gasteiger partial charge is 0.481 e. The normalized spacial score (nSPS) is 21.5. The van der Waals surface area contributed by atoms with Crippen molar-refractivity contribution >= 4 is 28.9 Å². The lowest BCUT2D eigenvalue weighted by Crippen LogP contribution is -2.43. The Bertz CT molecular complexity index is 1260. The van der Waals surface area contributed by atoms with Gasteiger partial charge in [0.25, 0.3) is 0 Å². The fourth-order valence-corrected chi connectivity index (χ4v) is 5.84. The first kappa shape index (κ1) is 26.0. The number of aromatic nitrogens is 3. The quantitative estimate of drug-likeness (QED) is 0.361. The van der Waals surface area contributed by atoms with Gasteiger partial charge < -0.3 is 15.5 Å². The highest BCUT2D eigenvalue weighted by Gasteiger charge is 2.47. The average molecular weight is 521 g/mol. The summed E-state index contributed by atoms with van der Waals surface area (Å²) in [5.41, 5.74) is -1.98. The standard InChI is InChI=1S/C25H27F3N4O3S/c1-23(2)12-15(7-8-16(23)21(33)34)24(3,35)22-30-13-18(36-22)17-5-4-6-19(31-17)32-20-11-14(9-10-29-20)25(26,27)28/h4-6,9-11,13,15-16,35H,7-8,12H2,1-3H3,(H,33,34)(H,29,31,32)/t15-,16+,24?/m0/s1. The van der Waals surface area contributed by atoms with E-state index in [-0.39, 0.29) is 11.7 Å². The third-order valence-corrected chi connectivity index (χ3v) is 8.14. The van der Waals surface area contributed by atoms with Crippen LogP contribution >= 0.6 is 11.3 Å². The number of aliphatic hydroxyl groups is 1. The maximum atomic E-state index is 13.0. The molecule has 0 aromatic carbocycles. The molecule has 0 bridgehead atoms. The van der Waals surface area contributed by atoms with E-state index in [2.05, 4.69) is 20.3 Å². The maximum absolute atomic E-state index is 13.0. The van der Waals surface area contributed by atoms with Crippen LogP contribution < -0.4 is 5.32 Å². The number of carboxylic acid groups (broad SMARTS) is 1. The summed E-state index contributed by atoms with van der Waals surface area (Å²) in [7, 11) is 0. The molecule has 1 aliphatic rings. The van der Waals surface area contributed by atoms with Gasteiger partial charge in [0, 0.05) is 12.4 Å². The zero-order valence-corrected chi connectivity index (χ0v) is 20.8. The number of pyridine rings is 2. The molecule has 0 saturated heterocycles. The highest BCUT2D eigenvalue weighted by molar-refractivity contribution is 7.15. The lowest BCUT2D eigenvalue weighted by atomic mass is 9.62. The molecule has 0 spiro atoms. The van der Waals surface area contributed by atoms with Crippen LogP contribution in [0.5, 0.6) is 0 Å². The Hall–Kier alpha value is -3.05. The van der Waals surface area contributed by atoms with E-state index < -0.39 is 34.6 Å². The number of nitrogens with one attached hydrogen (secondary N) is 1. The minimum Gasteiger partial charge on any atom is -0.481 e. The number of hydrogen-bond acceptors (Lipinski definition) is 7. The van der Waals surface area contributed by atoms with Gasteiger partial charge in [-0.25, -0.2) is 15.0 Å². The smallest absolute Gasteiger partial charge is 0.416 e. The van der Waals surface area contributed by atoms with Crippen LogP contribution in [0, 0.1) is 17.3 Å². The van der Waals surface area contributed by atoms with Crippen LogP contribution in [0.1, 0.15) is 50.6 Å². The van der Waals surface area contributed by atoms with Crippen LogP contribution in [0.2, 0.25) is 0 Å². The molecule has 0 radical (unpaired) electrons. The van der Waals surface area contributed by atoms with E-state index in [1.54, 1.807) is 31.3 Å². The van der Waals surface area contributed by atoms with E-state index in [0.29, 0.717) is 40.7 Å². The van der Waals surface area contributed by atoms with Crippen molar-refractivity contribution < 1.29 is 28.2 Å². The Morgan fingerprint density at radius 1 is 1.17 bits per heavy atom. The zero-order valence-electron chi connectivity index (χ0n) is 20.0. The van der Waals surface area contributed by atoms with Crippen molar-refractivity contribution in [1.29, 1.82) is 0 Å². The van der Waals surface area contributed by atoms with Gasteiger partial charge in [-0.1, -0.05) is 19.9 Å². The molecule has 3 atom stereocenters. The number of rotatable bonds is 6. The molecule has 1 aliphatic carbocycles. The van der Waals surface area contributed by atoms with Gasteiger partial charge >= 0.3 is 12.1 Å². The topological polar surface area (TPSA) is 108 Å². The Balaban J connectivity index is 1.53. The van der Waals surface area contributed by atoms with Crippen molar-refractivity contribution in [2.75, 3.05) is 5.32 Å². The Labute approximate surface area is 210 Å². The molecular formula is C25H27F3N4O3S. The molecule has 3 N–H and O–H groups in total. The first-order valence-corrected chi connectivity index (χ1v) is 12.3. The summed E-state index contributed by atoms with van der Waals surface area (Å²) in [6.45, 7) is 5.55. The minimum atomic E-state index is -4.48. The molecule has 11 heteroatoms. The minimum absolute atomic E-state index is 0.0157. The van der Waals surface area contributed by atoms with Gasteiger partial charge in [0.05, 0.1) is 22.1 Å². The average Bonchev–Trinajstić information content (AvgIpc) is 3.29. The van der Waals surface area contributed by atoms with Crippen LogP contribution in [0.3, 0.4) is 0 Å².